The Hall–Kier alpha value is -2.53. The van der Waals surface area contributed by atoms with Gasteiger partial charge < -0.3 is 10.2 Å². The Kier molecular flexibility index (Phi) is 6.45. The predicted molar refractivity (Wildman–Crippen MR) is 117 cm³/mol. The number of halogens is 1. The number of hydrogen-bond acceptors (Lipinski definition) is 5. The number of nitrogens with one attached hydrogen (secondary N) is 1. The minimum atomic E-state index is -3.82. The number of hydrogen-bond donors (Lipinski definition) is 1. The van der Waals surface area contributed by atoms with E-state index in [-0.39, 0.29) is 48.8 Å². The quantitative estimate of drug-likeness (QED) is 0.658. The van der Waals surface area contributed by atoms with Crippen LogP contribution in [0.1, 0.15) is 39.0 Å². The van der Waals surface area contributed by atoms with Gasteiger partial charge in [-0.15, -0.1) is 0 Å². The van der Waals surface area contributed by atoms with Crippen molar-refractivity contribution >= 4 is 27.9 Å². The van der Waals surface area contributed by atoms with E-state index in [0.717, 1.165) is 36.3 Å². The molecular weight excluding hydrogens is 451 g/mol. The van der Waals surface area contributed by atoms with E-state index in [2.05, 4.69) is 5.32 Å². The second kappa shape index (κ2) is 9.02. The number of sulfonamides is 1. The molecule has 0 radical (unpaired) electrons. The molecule has 11 heteroatoms. The van der Waals surface area contributed by atoms with Crippen LogP contribution in [0.25, 0.3) is 0 Å². The molecule has 0 aromatic heterocycles. The van der Waals surface area contributed by atoms with Crippen LogP contribution in [-0.2, 0) is 19.6 Å². The maximum absolute atomic E-state index is 13.2. The highest BCUT2D eigenvalue weighted by molar-refractivity contribution is 7.89. The molecule has 2 aliphatic heterocycles. The van der Waals surface area contributed by atoms with Crippen molar-refractivity contribution in [1.82, 2.24) is 19.4 Å². The molecule has 2 saturated heterocycles. The highest BCUT2D eigenvalue weighted by Crippen LogP contribution is 2.38. The average molecular weight is 481 g/mol. The molecule has 180 valence electrons. The fourth-order valence-corrected chi connectivity index (χ4v) is 6.48. The average Bonchev–Trinajstić information content (AvgIpc) is 2.96. The highest BCUT2D eigenvalue weighted by atomic mass is 32.2. The third-order valence-electron chi connectivity index (χ3n) is 7.05. The van der Waals surface area contributed by atoms with Crippen molar-refractivity contribution in [3.8, 4) is 0 Å². The van der Waals surface area contributed by atoms with Crippen molar-refractivity contribution in [1.29, 1.82) is 0 Å². The monoisotopic (exact) mass is 480 g/mol. The van der Waals surface area contributed by atoms with Crippen molar-refractivity contribution in [3.63, 3.8) is 0 Å². The molecule has 3 aliphatic rings. The summed E-state index contributed by atoms with van der Waals surface area (Å²) in [7, 11) is -3.82. The Labute approximate surface area is 192 Å². The molecule has 2 atom stereocenters. The van der Waals surface area contributed by atoms with E-state index in [1.165, 1.54) is 21.3 Å². The zero-order valence-electron chi connectivity index (χ0n) is 18.6. The SMILES string of the molecule is CC1CCCCC12NC(=O)N(CC(=O)N1CCCN(S(=O)(=O)c3ccc(F)cc3)CC1)C2=O. The van der Waals surface area contributed by atoms with Gasteiger partial charge in [-0.3, -0.25) is 14.5 Å². The standard InChI is InChI=1S/C22H29FN4O5S/c1-16-5-2-3-10-22(16)20(29)27(21(30)24-22)15-19(28)25-11-4-12-26(14-13-25)33(31,32)18-8-6-17(23)7-9-18/h6-9,16H,2-5,10-15H2,1H3,(H,24,30). The van der Waals surface area contributed by atoms with Gasteiger partial charge in [-0.25, -0.2) is 17.6 Å². The molecule has 33 heavy (non-hydrogen) atoms. The summed E-state index contributed by atoms with van der Waals surface area (Å²) < 4.78 is 40.2. The van der Waals surface area contributed by atoms with Crippen LogP contribution < -0.4 is 5.32 Å². The molecule has 9 nitrogen and oxygen atoms in total. The molecule has 4 amide bonds. The second-order valence-electron chi connectivity index (χ2n) is 9.03. The summed E-state index contributed by atoms with van der Waals surface area (Å²) in [6.07, 6.45) is 3.69. The smallest absolute Gasteiger partial charge is 0.325 e. The number of nitrogens with zero attached hydrogens (tertiary/aromatic N) is 3. The minimum absolute atomic E-state index is 0.00471. The Morgan fingerprint density at radius 2 is 1.82 bits per heavy atom. The topological polar surface area (TPSA) is 107 Å². The van der Waals surface area contributed by atoms with Gasteiger partial charge in [0.2, 0.25) is 15.9 Å². The Morgan fingerprint density at radius 1 is 1.09 bits per heavy atom. The van der Waals surface area contributed by atoms with Crippen LogP contribution in [-0.4, -0.2) is 78.6 Å². The van der Waals surface area contributed by atoms with Gasteiger partial charge in [0.1, 0.15) is 17.9 Å². The number of rotatable bonds is 4. The first-order valence-electron chi connectivity index (χ1n) is 11.3. The largest absolute Gasteiger partial charge is 0.340 e. The van der Waals surface area contributed by atoms with Gasteiger partial charge in [0, 0.05) is 26.2 Å². The summed E-state index contributed by atoms with van der Waals surface area (Å²) in [5.41, 5.74) is -0.922. The number of imide groups is 1. The first kappa shape index (κ1) is 23.6. The molecular formula is C22H29FN4O5S. The Balaban J connectivity index is 1.40. The van der Waals surface area contributed by atoms with Gasteiger partial charge in [-0.2, -0.15) is 4.31 Å². The highest BCUT2D eigenvalue weighted by Gasteiger charge is 2.55. The van der Waals surface area contributed by atoms with Crippen molar-refractivity contribution in [2.45, 2.75) is 49.5 Å². The van der Waals surface area contributed by atoms with Crippen LogP contribution in [0, 0.1) is 11.7 Å². The van der Waals surface area contributed by atoms with E-state index >= 15 is 0 Å². The predicted octanol–water partition coefficient (Wildman–Crippen LogP) is 1.55. The summed E-state index contributed by atoms with van der Waals surface area (Å²) in [6, 6.07) is 4.09. The maximum Gasteiger partial charge on any atom is 0.325 e. The first-order chi connectivity index (χ1) is 15.6. The lowest BCUT2D eigenvalue weighted by molar-refractivity contribution is -0.140. The lowest BCUT2D eigenvalue weighted by Crippen LogP contribution is -2.54. The van der Waals surface area contributed by atoms with Crippen LogP contribution in [0.2, 0.25) is 0 Å². The van der Waals surface area contributed by atoms with Crippen LogP contribution >= 0.6 is 0 Å². The summed E-state index contributed by atoms with van der Waals surface area (Å²) >= 11 is 0. The van der Waals surface area contributed by atoms with E-state index in [4.69, 9.17) is 0 Å². The van der Waals surface area contributed by atoms with Crippen LogP contribution in [0.15, 0.2) is 29.2 Å². The Bertz CT molecular complexity index is 1050. The van der Waals surface area contributed by atoms with Gasteiger partial charge in [-0.05, 0) is 49.4 Å². The first-order valence-corrected chi connectivity index (χ1v) is 12.8. The molecule has 1 aromatic carbocycles. The van der Waals surface area contributed by atoms with Gasteiger partial charge in [0.25, 0.3) is 5.91 Å². The van der Waals surface area contributed by atoms with E-state index in [0.29, 0.717) is 19.4 Å². The zero-order chi connectivity index (χ0) is 23.8. The number of carbonyl (C=O) groups excluding carboxylic acids is 3. The van der Waals surface area contributed by atoms with Crippen LogP contribution in [0.4, 0.5) is 9.18 Å². The Morgan fingerprint density at radius 3 is 2.52 bits per heavy atom. The van der Waals surface area contributed by atoms with E-state index in [9.17, 15) is 27.2 Å². The van der Waals surface area contributed by atoms with Crippen molar-refractivity contribution in [3.05, 3.63) is 30.1 Å². The molecule has 3 fully saturated rings. The zero-order valence-corrected chi connectivity index (χ0v) is 19.4. The molecule has 4 rings (SSSR count). The summed E-state index contributed by atoms with van der Waals surface area (Å²) in [5, 5.41) is 2.84. The third-order valence-corrected chi connectivity index (χ3v) is 8.97. The molecule has 2 heterocycles. The number of amides is 4. The molecule has 2 unspecified atom stereocenters. The summed E-state index contributed by atoms with van der Waals surface area (Å²) in [5.74, 6) is -1.25. The van der Waals surface area contributed by atoms with Crippen LogP contribution in [0.3, 0.4) is 0 Å². The second-order valence-corrected chi connectivity index (χ2v) is 11.0. The van der Waals surface area contributed by atoms with Gasteiger partial charge in [0.05, 0.1) is 4.90 Å². The van der Waals surface area contributed by atoms with Gasteiger partial charge in [-0.1, -0.05) is 19.8 Å². The molecule has 1 aromatic rings. The number of carbonyl (C=O) groups is 3. The fourth-order valence-electron chi connectivity index (χ4n) is 5.01. The van der Waals surface area contributed by atoms with Crippen molar-refractivity contribution in [2.75, 3.05) is 32.7 Å². The maximum atomic E-state index is 13.2. The van der Waals surface area contributed by atoms with E-state index in [1.807, 2.05) is 6.92 Å². The summed E-state index contributed by atoms with van der Waals surface area (Å²) in [4.78, 5) is 41.1. The van der Waals surface area contributed by atoms with E-state index < -0.39 is 27.4 Å². The number of urea groups is 1. The van der Waals surface area contributed by atoms with Crippen LogP contribution in [0.5, 0.6) is 0 Å². The number of benzene rings is 1. The van der Waals surface area contributed by atoms with Crippen molar-refractivity contribution < 1.29 is 27.2 Å². The minimum Gasteiger partial charge on any atom is -0.340 e. The normalized spacial score (nSPS) is 27.0. The van der Waals surface area contributed by atoms with Crippen molar-refractivity contribution in [2.24, 2.45) is 5.92 Å². The lowest BCUT2D eigenvalue weighted by atomic mass is 9.73. The molecule has 1 aliphatic carbocycles. The van der Waals surface area contributed by atoms with E-state index in [1.54, 1.807) is 0 Å². The fraction of sp³-hybridized carbons (Fsp3) is 0.591. The molecule has 1 saturated carbocycles. The lowest BCUT2D eigenvalue weighted by Gasteiger charge is -2.36. The van der Waals surface area contributed by atoms with Gasteiger partial charge in [0.15, 0.2) is 0 Å². The summed E-state index contributed by atoms with van der Waals surface area (Å²) in [6.45, 7) is 2.35. The molecule has 0 bridgehead atoms. The molecule has 1 spiro atoms. The molecule has 1 N–H and O–H groups in total. The third kappa shape index (κ3) is 4.35. The van der Waals surface area contributed by atoms with Gasteiger partial charge >= 0.3 is 6.03 Å².